The van der Waals surface area contributed by atoms with Crippen molar-refractivity contribution in [2.75, 3.05) is 20.3 Å². The van der Waals surface area contributed by atoms with Crippen LogP contribution in [0.1, 0.15) is 51.9 Å². The second kappa shape index (κ2) is 5.54. The van der Waals surface area contributed by atoms with Crippen LogP contribution in [-0.2, 0) is 9.53 Å². The highest BCUT2D eigenvalue weighted by Crippen LogP contribution is 2.65. The zero-order chi connectivity index (χ0) is 15.1. The number of nitrogens with two attached hydrogens (primary N) is 1. The van der Waals surface area contributed by atoms with E-state index in [1.807, 2.05) is 0 Å². The van der Waals surface area contributed by atoms with Crippen LogP contribution < -0.4 is 11.1 Å². The Balaban J connectivity index is 1.57. The van der Waals surface area contributed by atoms with Crippen LogP contribution in [0, 0.1) is 22.7 Å². The predicted molar refractivity (Wildman–Crippen MR) is 82.7 cm³/mol. The third-order valence-corrected chi connectivity index (χ3v) is 6.02. The molecule has 0 aromatic rings. The van der Waals surface area contributed by atoms with Gasteiger partial charge in [0.2, 0.25) is 5.91 Å². The molecule has 0 aliphatic heterocycles. The van der Waals surface area contributed by atoms with E-state index >= 15 is 0 Å². The number of carbonyl (C=O) groups is 1. The number of amides is 1. The molecule has 0 radical (unpaired) electrons. The SMILES string of the molecule is COCC(N)CCNC(=O)C12CC3CC(CC(C)(C3)C1)C2. The van der Waals surface area contributed by atoms with Gasteiger partial charge >= 0.3 is 0 Å². The Morgan fingerprint density at radius 1 is 1.33 bits per heavy atom. The highest BCUT2D eigenvalue weighted by atomic mass is 16.5. The number of hydrogen-bond acceptors (Lipinski definition) is 3. The number of hydrogen-bond donors (Lipinski definition) is 2. The molecule has 3 atom stereocenters. The smallest absolute Gasteiger partial charge is 0.226 e. The summed E-state index contributed by atoms with van der Waals surface area (Å²) in [5.74, 6) is 1.88. The summed E-state index contributed by atoms with van der Waals surface area (Å²) in [7, 11) is 1.66. The minimum Gasteiger partial charge on any atom is -0.383 e. The first-order valence-corrected chi connectivity index (χ1v) is 8.48. The van der Waals surface area contributed by atoms with Gasteiger partial charge in [0.1, 0.15) is 0 Å². The van der Waals surface area contributed by atoms with Gasteiger partial charge in [0.05, 0.1) is 12.0 Å². The van der Waals surface area contributed by atoms with Gasteiger partial charge in [-0.3, -0.25) is 4.79 Å². The Morgan fingerprint density at radius 2 is 2.00 bits per heavy atom. The summed E-state index contributed by atoms with van der Waals surface area (Å²) in [6.45, 7) is 3.64. The van der Waals surface area contributed by atoms with Gasteiger partial charge in [-0.15, -0.1) is 0 Å². The van der Waals surface area contributed by atoms with Crippen LogP contribution in [0.3, 0.4) is 0 Å². The number of nitrogens with one attached hydrogen (secondary N) is 1. The van der Waals surface area contributed by atoms with E-state index in [4.69, 9.17) is 10.5 Å². The van der Waals surface area contributed by atoms with Crippen LogP contribution in [0.25, 0.3) is 0 Å². The minimum absolute atomic E-state index is 0.0178. The first-order valence-electron chi connectivity index (χ1n) is 8.48. The van der Waals surface area contributed by atoms with Crippen molar-refractivity contribution < 1.29 is 9.53 Å². The van der Waals surface area contributed by atoms with E-state index < -0.39 is 0 Å². The molecule has 0 spiro atoms. The maximum absolute atomic E-state index is 12.8. The van der Waals surface area contributed by atoms with E-state index in [2.05, 4.69) is 12.2 Å². The van der Waals surface area contributed by atoms with Crippen LogP contribution >= 0.6 is 0 Å². The predicted octanol–water partition coefficient (Wildman–Crippen LogP) is 2.07. The fraction of sp³-hybridized carbons (Fsp3) is 0.941. The maximum atomic E-state index is 12.8. The van der Waals surface area contributed by atoms with Crippen molar-refractivity contribution in [2.24, 2.45) is 28.4 Å². The monoisotopic (exact) mass is 294 g/mol. The molecule has 4 aliphatic rings. The van der Waals surface area contributed by atoms with Gasteiger partial charge in [-0.05, 0) is 62.2 Å². The number of rotatable bonds is 6. The molecule has 4 bridgehead atoms. The summed E-state index contributed by atoms with van der Waals surface area (Å²) in [5, 5.41) is 3.17. The Kier molecular flexibility index (Phi) is 4.04. The largest absolute Gasteiger partial charge is 0.383 e. The van der Waals surface area contributed by atoms with E-state index in [9.17, 15) is 4.79 Å². The fourth-order valence-electron chi connectivity index (χ4n) is 5.84. The van der Waals surface area contributed by atoms with Gasteiger partial charge in [0, 0.05) is 19.7 Å². The van der Waals surface area contributed by atoms with Crippen LogP contribution in [0.4, 0.5) is 0 Å². The third-order valence-electron chi connectivity index (χ3n) is 6.02. The first-order chi connectivity index (χ1) is 9.95. The van der Waals surface area contributed by atoms with Crippen molar-refractivity contribution >= 4 is 5.91 Å². The van der Waals surface area contributed by atoms with Crippen molar-refractivity contribution in [3.8, 4) is 0 Å². The third kappa shape index (κ3) is 2.98. The van der Waals surface area contributed by atoms with Crippen molar-refractivity contribution in [2.45, 2.75) is 57.9 Å². The van der Waals surface area contributed by atoms with Crippen LogP contribution in [0.2, 0.25) is 0 Å². The Hall–Kier alpha value is -0.610. The van der Waals surface area contributed by atoms with Gasteiger partial charge in [0.25, 0.3) is 0 Å². The summed E-state index contributed by atoms with van der Waals surface area (Å²) in [6, 6.07) is 0.0178. The Labute approximate surface area is 128 Å². The second-order valence-electron chi connectivity index (χ2n) is 8.31. The van der Waals surface area contributed by atoms with Gasteiger partial charge in [0.15, 0.2) is 0 Å². The zero-order valence-electron chi connectivity index (χ0n) is 13.5. The quantitative estimate of drug-likeness (QED) is 0.788. The van der Waals surface area contributed by atoms with E-state index in [0.29, 0.717) is 24.5 Å². The zero-order valence-corrected chi connectivity index (χ0v) is 13.5. The van der Waals surface area contributed by atoms with Crippen LogP contribution in [0.15, 0.2) is 0 Å². The van der Waals surface area contributed by atoms with Gasteiger partial charge in [-0.1, -0.05) is 6.92 Å². The molecule has 120 valence electrons. The highest BCUT2D eigenvalue weighted by molar-refractivity contribution is 5.83. The van der Waals surface area contributed by atoms with Crippen molar-refractivity contribution in [1.29, 1.82) is 0 Å². The number of ether oxygens (including phenoxy) is 1. The number of carbonyl (C=O) groups excluding carboxylic acids is 1. The lowest BCUT2D eigenvalue weighted by molar-refractivity contribution is -0.155. The molecule has 3 N–H and O–H groups in total. The van der Waals surface area contributed by atoms with Gasteiger partial charge in [-0.25, -0.2) is 0 Å². The summed E-state index contributed by atoms with van der Waals surface area (Å²) >= 11 is 0. The molecule has 0 saturated heterocycles. The molecule has 21 heavy (non-hydrogen) atoms. The Morgan fingerprint density at radius 3 is 2.57 bits per heavy atom. The molecule has 3 unspecified atom stereocenters. The van der Waals surface area contributed by atoms with Crippen molar-refractivity contribution in [1.82, 2.24) is 5.32 Å². The molecule has 4 aliphatic carbocycles. The van der Waals surface area contributed by atoms with E-state index in [1.54, 1.807) is 7.11 Å². The average Bonchev–Trinajstić information content (AvgIpc) is 2.35. The molecule has 4 saturated carbocycles. The van der Waals surface area contributed by atoms with Gasteiger partial charge in [-0.2, -0.15) is 0 Å². The summed E-state index contributed by atoms with van der Waals surface area (Å²) in [4.78, 5) is 12.8. The summed E-state index contributed by atoms with van der Waals surface area (Å²) < 4.78 is 5.04. The van der Waals surface area contributed by atoms with Crippen molar-refractivity contribution in [3.05, 3.63) is 0 Å². The highest BCUT2D eigenvalue weighted by Gasteiger charge is 2.58. The molecular formula is C17H30N2O2. The summed E-state index contributed by atoms with van der Waals surface area (Å²) in [5.41, 5.74) is 6.28. The normalized spacial score (nSPS) is 42.0. The lowest BCUT2D eigenvalue weighted by atomic mass is 9.44. The molecule has 0 aromatic carbocycles. The lowest BCUT2D eigenvalue weighted by Gasteiger charge is -2.60. The Bertz CT molecular complexity index is 396. The standard InChI is InChI=1S/C17H30N2O2/c1-16-6-12-5-13(7-16)9-17(8-12,11-16)15(20)19-4-3-14(18)10-21-2/h12-14H,3-11,18H2,1-2H3,(H,19,20). The van der Waals surface area contributed by atoms with Crippen molar-refractivity contribution in [3.63, 3.8) is 0 Å². The molecular weight excluding hydrogens is 264 g/mol. The summed E-state index contributed by atoms with van der Waals surface area (Å²) in [6.07, 6.45) is 8.19. The minimum atomic E-state index is -0.0653. The van der Waals surface area contributed by atoms with E-state index in [1.165, 1.54) is 19.3 Å². The molecule has 4 heteroatoms. The second-order valence-corrected chi connectivity index (χ2v) is 8.31. The van der Waals surface area contributed by atoms with Crippen LogP contribution in [-0.4, -0.2) is 32.2 Å². The van der Waals surface area contributed by atoms with E-state index in [-0.39, 0.29) is 11.5 Å². The molecule has 1 amide bonds. The average molecular weight is 294 g/mol. The molecule has 4 rings (SSSR count). The molecule has 4 fully saturated rings. The lowest BCUT2D eigenvalue weighted by Crippen LogP contribution is -2.57. The van der Waals surface area contributed by atoms with E-state index in [0.717, 1.165) is 37.5 Å². The molecule has 0 heterocycles. The first kappa shape index (κ1) is 15.3. The van der Waals surface area contributed by atoms with Gasteiger partial charge < -0.3 is 15.8 Å². The molecule has 4 nitrogen and oxygen atoms in total. The number of methoxy groups -OCH3 is 1. The molecule has 0 aromatic heterocycles. The van der Waals surface area contributed by atoms with Crippen LogP contribution in [0.5, 0.6) is 0 Å². The topological polar surface area (TPSA) is 64.3 Å². The fourth-order valence-corrected chi connectivity index (χ4v) is 5.84. The maximum Gasteiger partial charge on any atom is 0.226 e.